The Labute approximate surface area is 286 Å². The van der Waals surface area contributed by atoms with Crippen LogP contribution in [0.25, 0.3) is 0 Å². The lowest BCUT2D eigenvalue weighted by molar-refractivity contribution is -0.386. The fourth-order valence-corrected chi connectivity index (χ4v) is 8.13. The average molecular weight is 717 g/mol. The van der Waals surface area contributed by atoms with Crippen LogP contribution < -0.4 is 0 Å². The normalized spacial score (nSPS) is 19.7. The number of nitro benzene ring substituents is 2. The van der Waals surface area contributed by atoms with Crippen molar-refractivity contribution in [2.24, 2.45) is 5.92 Å². The zero-order valence-electron chi connectivity index (χ0n) is 27.5. The summed E-state index contributed by atoms with van der Waals surface area (Å²) in [6.45, 7) is 1.50. The molecule has 0 spiro atoms. The lowest BCUT2D eigenvalue weighted by Gasteiger charge is -2.26. The molecule has 5 atom stereocenters. The van der Waals surface area contributed by atoms with E-state index in [9.17, 15) is 48.4 Å². The highest BCUT2D eigenvalue weighted by Crippen LogP contribution is 2.47. The Hall–Kier alpha value is -4.81. The minimum atomic E-state index is -3.99. The second-order valence-electron chi connectivity index (χ2n) is 11.7. The molecule has 3 aromatic rings. The summed E-state index contributed by atoms with van der Waals surface area (Å²) in [7, 11) is 0.00925. The molecular weight excluding hydrogens is 680 g/mol. The van der Waals surface area contributed by atoms with Gasteiger partial charge in [0.25, 0.3) is 11.4 Å². The summed E-state index contributed by atoms with van der Waals surface area (Å²) in [4.78, 5) is 47.4. The molecule has 50 heavy (non-hydrogen) atoms. The second-order valence-corrected chi connectivity index (χ2v) is 13.8. The average Bonchev–Trinajstić information content (AvgIpc) is 3.41. The van der Waals surface area contributed by atoms with E-state index < -0.39 is 85.2 Å². The number of sulfone groups is 1. The molecule has 1 aliphatic rings. The fourth-order valence-electron chi connectivity index (χ4n) is 6.45. The monoisotopic (exact) mass is 716 g/mol. The van der Waals surface area contributed by atoms with E-state index in [4.69, 9.17) is 18.9 Å². The molecule has 0 unspecified atom stereocenters. The number of carboxylic acids is 2. The predicted octanol–water partition coefficient (Wildman–Crippen LogP) is 4.80. The molecule has 1 heterocycles. The molecule has 0 aliphatic carbocycles. The SMILES string of the molecule is COC(C[C@@H]1O[C@H](c2c([N+](=O)[O-])ccc(C(=O)O)c2C[C@H](C)c2cc([N+](=O)[O-])ccc2C(=O)O)[C@H](OC)[C@H]1CS(=O)(=O)c1ccccc1)OC. The number of nitrogens with zero attached hydrogens (tertiary/aromatic N) is 2. The van der Waals surface area contributed by atoms with Crippen LogP contribution in [0.15, 0.2) is 65.6 Å². The Kier molecular flexibility index (Phi) is 12.0. The third-order valence-electron chi connectivity index (χ3n) is 8.82. The van der Waals surface area contributed by atoms with Crippen molar-refractivity contribution in [2.75, 3.05) is 27.1 Å². The van der Waals surface area contributed by atoms with E-state index in [0.717, 1.165) is 30.3 Å². The first kappa shape index (κ1) is 38.0. The van der Waals surface area contributed by atoms with Crippen LogP contribution in [0.4, 0.5) is 11.4 Å². The molecule has 1 aliphatic heterocycles. The number of benzene rings is 3. The molecule has 0 aromatic heterocycles. The highest BCUT2D eigenvalue weighted by Gasteiger charge is 2.51. The van der Waals surface area contributed by atoms with Gasteiger partial charge in [0.2, 0.25) is 0 Å². The summed E-state index contributed by atoms with van der Waals surface area (Å²) >= 11 is 0. The predicted molar refractivity (Wildman–Crippen MR) is 175 cm³/mol. The smallest absolute Gasteiger partial charge is 0.335 e. The number of non-ortho nitro benzene ring substituents is 1. The minimum absolute atomic E-state index is 0.0103. The Morgan fingerprint density at radius 3 is 2.08 bits per heavy atom. The fraction of sp³-hybridized carbons (Fsp3) is 0.394. The van der Waals surface area contributed by atoms with Gasteiger partial charge in [-0.1, -0.05) is 25.1 Å². The van der Waals surface area contributed by atoms with Crippen LogP contribution in [-0.4, -0.2) is 86.0 Å². The molecule has 0 saturated carbocycles. The van der Waals surface area contributed by atoms with Gasteiger partial charge in [0.15, 0.2) is 16.1 Å². The van der Waals surface area contributed by atoms with Crippen molar-refractivity contribution >= 4 is 33.2 Å². The van der Waals surface area contributed by atoms with Crippen LogP contribution in [0.5, 0.6) is 0 Å². The summed E-state index contributed by atoms with van der Waals surface area (Å²) in [5.41, 5.74) is -1.96. The maximum absolute atomic E-state index is 13.7. The molecule has 0 bridgehead atoms. The van der Waals surface area contributed by atoms with Crippen molar-refractivity contribution in [3.63, 3.8) is 0 Å². The molecule has 1 fully saturated rings. The Balaban J connectivity index is 1.93. The summed E-state index contributed by atoms with van der Waals surface area (Å²) in [6, 6.07) is 12.8. The van der Waals surface area contributed by atoms with Crippen LogP contribution in [0.3, 0.4) is 0 Å². The topological polar surface area (TPSA) is 232 Å². The maximum atomic E-state index is 13.7. The van der Waals surface area contributed by atoms with E-state index in [1.807, 2.05) is 0 Å². The number of aromatic carboxylic acids is 2. The summed E-state index contributed by atoms with van der Waals surface area (Å²) < 4.78 is 50.3. The number of nitro groups is 2. The van der Waals surface area contributed by atoms with Crippen LogP contribution >= 0.6 is 0 Å². The zero-order chi connectivity index (χ0) is 36.9. The van der Waals surface area contributed by atoms with Gasteiger partial charge >= 0.3 is 11.9 Å². The first-order chi connectivity index (χ1) is 23.6. The van der Waals surface area contributed by atoms with Gasteiger partial charge in [-0.05, 0) is 47.7 Å². The van der Waals surface area contributed by atoms with Gasteiger partial charge in [-0.2, -0.15) is 0 Å². The van der Waals surface area contributed by atoms with E-state index in [1.165, 1.54) is 40.4 Å². The highest BCUT2D eigenvalue weighted by molar-refractivity contribution is 7.91. The van der Waals surface area contributed by atoms with Crippen molar-refractivity contribution in [2.45, 2.75) is 55.2 Å². The number of methoxy groups -OCH3 is 3. The van der Waals surface area contributed by atoms with E-state index in [0.29, 0.717) is 0 Å². The molecule has 0 amide bonds. The van der Waals surface area contributed by atoms with E-state index in [-0.39, 0.29) is 45.6 Å². The number of ether oxygens (including phenoxy) is 4. The standard InChI is InChI=1S/C33H36N2O14S/c1-18(23-15-19(34(40)41)10-11-21(23)32(36)37)14-24-22(33(38)39)12-13-26(35(42)43)29(24)31-30(48-4)25(27(49-31)16-28(46-2)47-3)17-50(44,45)20-8-6-5-7-9-20/h5-13,15,18,25,27-28,30-31H,14,16-17H2,1-4H3,(H,36,37)(H,38,39)/t18-,25-,27-,30+,31+/m0/s1. The first-order valence-corrected chi connectivity index (χ1v) is 16.9. The largest absolute Gasteiger partial charge is 0.478 e. The molecule has 17 heteroatoms. The Morgan fingerprint density at radius 2 is 1.54 bits per heavy atom. The number of carboxylic acid groups (broad SMARTS) is 2. The van der Waals surface area contributed by atoms with Gasteiger partial charge in [-0.25, -0.2) is 18.0 Å². The van der Waals surface area contributed by atoms with Crippen LogP contribution in [-0.2, 0) is 35.2 Å². The van der Waals surface area contributed by atoms with Crippen molar-refractivity contribution in [3.8, 4) is 0 Å². The molecular formula is C33H36N2O14S. The minimum Gasteiger partial charge on any atom is -0.478 e. The van der Waals surface area contributed by atoms with E-state index >= 15 is 0 Å². The quantitative estimate of drug-likeness (QED) is 0.115. The highest BCUT2D eigenvalue weighted by atomic mass is 32.2. The lowest BCUT2D eigenvalue weighted by Crippen LogP contribution is -2.35. The summed E-state index contributed by atoms with van der Waals surface area (Å²) in [6.07, 6.45) is -4.85. The van der Waals surface area contributed by atoms with Crippen molar-refractivity contribution < 1.29 is 57.0 Å². The van der Waals surface area contributed by atoms with E-state index in [2.05, 4.69) is 0 Å². The Morgan fingerprint density at radius 1 is 0.920 bits per heavy atom. The molecule has 3 aromatic carbocycles. The number of hydrogen-bond acceptors (Lipinski definition) is 12. The zero-order valence-corrected chi connectivity index (χ0v) is 28.3. The van der Waals surface area contributed by atoms with Crippen molar-refractivity contribution in [3.05, 3.63) is 109 Å². The van der Waals surface area contributed by atoms with Gasteiger partial charge in [0.1, 0.15) is 6.10 Å². The third kappa shape index (κ3) is 7.97. The third-order valence-corrected chi connectivity index (χ3v) is 10.6. The maximum Gasteiger partial charge on any atom is 0.335 e. The van der Waals surface area contributed by atoms with Gasteiger partial charge in [-0.15, -0.1) is 0 Å². The first-order valence-electron chi connectivity index (χ1n) is 15.2. The Bertz CT molecular complexity index is 1860. The van der Waals surface area contributed by atoms with Crippen LogP contribution in [0.2, 0.25) is 0 Å². The van der Waals surface area contributed by atoms with Gasteiger partial charge in [0.05, 0.1) is 49.4 Å². The van der Waals surface area contributed by atoms with Crippen LogP contribution in [0, 0.1) is 26.1 Å². The summed E-state index contributed by atoms with van der Waals surface area (Å²) in [5, 5.41) is 44.2. The number of hydrogen-bond donors (Lipinski definition) is 2. The number of carbonyl (C=O) groups is 2. The molecule has 268 valence electrons. The molecule has 1 saturated heterocycles. The van der Waals surface area contributed by atoms with Gasteiger partial charge < -0.3 is 29.2 Å². The van der Waals surface area contributed by atoms with Crippen molar-refractivity contribution in [1.29, 1.82) is 0 Å². The van der Waals surface area contributed by atoms with E-state index in [1.54, 1.807) is 18.2 Å². The van der Waals surface area contributed by atoms with Gasteiger partial charge in [0, 0.05) is 51.9 Å². The molecule has 2 N–H and O–H groups in total. The lowest BCUT2D eigenvalue weighted by atomic mass is 9.83. The van der Waals surface area contributed by atoms with Crippen LogP contribution in [0.1, 0.15) is 62.8 Å². The number of rotatable bonds is 16. The van der Waals surface area contributed by atoms with Gasteiger partial charge in [-0.3, -0.25) is 20.2 Å². The summed E-state index contributed by atoms with van der Waals surface area (Å²) in [5.74, 6) is -5.29. The van der Waals surface area contributed by atoms with Crippen molar-refractivity contribution in [1.82, 2.24) is 0 Å². The molecule has 16 nitrogen and oxygen atoms in total. The second kappa shape index (κ2) is 15.8. The molecule has 4 rings (SSSR count). The molecule has 0 radical (unpaired) electrons.